The summed E-state index contributed by atoms with van der Waals surface area (Å²) >= 11 is 1.48. The number of piperidine rings is 1. The Labute approximate surface area is 164 Å². The van der Waals surface area contributed by atoms with Crippen molar-refractivity contribution < 1.29 is 9.59 Å². The molecule has 0 spiro atoms. The lowest BCUT2D eigenvalue weighted by Gasteiger charge is -2.29. The summed E-state index contributed by atoms with van der Waals surface area (Å²) in [6, 6.07) is 5.96. The minimum atomic E-state index is -0.198. The van der Waals surface area contributed by atoms with Gasteiger partial charge in [0.1, 0.15) is 0 Å². The number of hydrogen-bond acceptors (Lipinski definition) is 5. The normalized spacial score (nSPS) is 15.7. The van der Waals surface area contributed by atoms with E-state index >= 15 is 0 Å². The topological polar surface area (TPSA) is 79.5 Å². The van der Waals surface area contributed by atoms with E-state index in [-0.39, 0.29) is 17.7 Å². The molecule has 2 amide bonds. The van der Waals surface area contributed by atoms with E-state index in [9.17, 15) is 9.59 Å². The van der Waals surface area contributed by atoms with E-state index in [0.29, 0.717) is 5.13 Å². The molecular weight excluding hydrogens is 360 g/mol. The van der Waals surface area contributed by atoms with E-state index < -0.39 is 0 Å². The molecule has 0 unspecified atom stereocenters. The van der Waals surface area contributed by atoms with Gasteiger partial charge in [0.15, 0.2) is 5.13 Å². The minimum Gasteiger partial charge on any atom is -0.369 e. The van der Waals surface area contributed by atoms with Crippen LogP contribution in [0.1, 0.15) is 36.6 Å². The average molecular weight is 387 g/mol. The molecule has 144 valence electrons. The van der Waals surface area contributed by atoms with Crippen LogP contribution in [-0.2, 0) is 16.1 Å². The number of nitrogens with zero attached hydrogens (tertiary/aromatic N) is 3. The average Bonchev–Trinajstić information content (AvgIpc) is 3.07. The molecule has 0 bridgehead atoms. The monoisotopic (exact) mass is 386 g/mol. The van der Waals surface area contributed by atoms with Crippen LogP contribution in [-0.4, -0.2) is 34.8 Å². The molecule has 0 aliphatic carbocycles. The Morgan fingerprint density at radius 1 is 1.30 bits per heavy atom. The Morgan fingerprint density at radius 2 is 2.00 bits per heavy atom. The molecule has 2 heterocycles. The van der Waals surface area contributed by atoms with Crippen molar-refractivity contribution in [3.8, 4) is 0 Å². The van der Waals surface area contributed by atoms with Crippen LogP contribution in [0.4, 0.5) is 10.8 Å². The number of rotatable bonds is 5. The number of carbonyl (C=O) groups excluding carboxylic acids is 2. The van der Waals surface area contributed by atoms with Crippen molar-refractivity contribution in [2.75, 3.05) is 18.0 Å². The molecule has 1 aromatic heterocycles. The van der Waals surface area contributed by atoms with Gasteiger partial charge in [-0.1, -0.05) is 12.1 Å². The van der Waals surface area contributed by atoms with Gasteiger partial charge in [-0.05, 0) is 57.0 Å². The third-order valence-corrected chi connectivity index (χ3v) is 6.11. The summed E-state index contributed by atoms with van der Waals surface area (Å²) in [4.78, 5) is 32.3. The molecule has 1 fully saturated rings. The van der Waals surface area contributed by atoms with Crippen LogP contribution in [0.25, 0.3) is 0 Å². The molecule has 1 aliphatic rings. The lowest BCUT2D eigenvalue weighted by Crippen LogP contribution is -2.38. The number of aromatic nitrogens is 1. The highest BCUT2D eigenvalue weighted by Gasteiger charge is 2.24. The number of hydrogen-bond donors (Lipinski definition) is 1. The van der Waals surface area contributed by atoms with Crippen molar-refractivity contribution in [3.05, 3.63) is 40.4 Å². The molecule has 0 saturated carbocycles. The molecule has 3 rings (SSSR count). The summed E-state index contributed by atoms with van der Waals surface area (Å²) in [6.45, 7) is 8.04. The maximum Gasteiger partial charge on any atom is 0.230 e. The summed E-state index contributed by atoms with van der Waals surface area (Å²) in [5, 5.41) is 2.70. The maximum atomic E-state index is 12.3. The van der Waals surface area contributed by atoms with Crippen molar-refractivity contribution >= 4 is 34.0 Å². The van der Waals surface area contributed by atoms with Crippen molar-refractivity contribution in [1.29, 1.82) is 0 Å². The van der Waals surface area contributed by atoms with Crippen molar-refractivity contribution in [1.82, 2.24) is 9.88 Å². The SMILES string of the molecule is CC(=O)N(c1nc(CN2CCC(C(N)=O)CC2)cs1)c1cccc(C)c1C. The zero-order valence-electron chi connectivity index (χ0n) is 16.1. The fourth-order valence-corrected chi connectivity index (χ4v) is 4.33. The first kappa shape index (κ1) is 19.5. The van der Waals surface area contributed by atoms with E-state index in [1.807, 2.05) is 37.4 Å². The Morgan fingerprint density at radius 3 is 2.63 bits per heavy atom. The first-order valence-electron chi connectivity index (χ1n) is 9.19. The number of amides is 2. The number of primary amides is 1. The molecule has 0 radical (unpaired) electrons. The van der Waals surface area contributed by atoms with Gasteiger partial charge in [0.25, 0.3) is 0 Å². The van der Waals surface area contributed by atoms with Gasteiger partial charge < -0.3 is 5.73 Å². The third-order valence-electron chi connectivity index (χ3n) is 5.24. The van der Waals surface area contributed by atoms with E-state index in [4.69, 9.17) is 10.7 Å². The quantitative estimate of drug-likeness (QED) is 0.856. The Balaban J connectivity index is 1.74. The molecule has 6 nitrogen and oxygen atoms in total. The van der Waals surface area contributed by atoms with Crippen LogP contribution in [0.5, 0.6) is 0 Å². The summed E-state index contributed by atoms with van der Waals surface area (Å²) in [5.41, 5.74) is 9.46. The summed E-state index contributed by atoms with van der Waals surface area (Å²) in [7, 11) is 0. The molecule has 0 atom stereocenters. The molecule has 1 saturated heterocycles. The third kappa shape index (κ3) is 4.36. The predicted octanol–water partition coefficient (Wildman–Crippen LogP) is 3.14. The highest BCUT2D eigenvalue weighted by Crippen LogP contribution is 2.32. The molecule has 2 N–H and O–H groups in total. The van der Waals surface area contributed by atoms with E-state index in [1.165, 1.54) is 11.3 Å². The van der Waals surface area contributed by atoms with Crippen LogP contribution in [0.3, 0.4) is 0 Å². The standard InChI is InChI=1S/C20H26N4O2S/c1-13-5-4-6-18(14(13)2)24(15(3)25)20-22-17(12-27-20)11-23-9-7-16(8-10-23)19(21)26/h4-6,12,16H,7-11H2,1-3H3,(H2,21,26). The van der Waals surface area contributed by atoms with Crippen molar-refractivity contribution in [2.45, 2.75) is 40.2 Å². The Bertz CT molecular complexity index is 840. The smallest absolute Gasteiger partial charge is 0.230 e. The minimum absolute atomic E-state index is 0.00950. The number of aryl methyl sites for hydroxylation is 1. The lowest BCUT2D eigenvalue weighted by atomic mass is 9.96. The first-order chi connectivity index (χ1) is 12.9. The molecule has 27 heavy (non-hydrogen) atoms. The number of benzene rings is 1. The second-order valence-corrected chi connectivity index (χ2v) is 7.98. The summed E-state index contributed by atoms with van der Waals surface area (Å²) in [5.74, 6) is -0.257. The highest BCUT2D eigenvalue weighted by atomic mass is 32.1. The van der Waals surface area contributed by atoms with Gasteiger partial charge in [0.05, 0.1) is 11.4 Å². The predicted molar refractivity (Wildman–Crippen MR) is 108 cm³/mol. The van der Waals surface area contributed by atoms with Crippen molar-refractivity contribution in [2.24, 2.45) is 11.7 Å². The number of likely N-dealkylation sites (tertiary alicyclic amines) is 1. The maximum absolute atomic E-state index is 12.3. The van der Waals surface area contributed by atoms with Crippen LogP contribution in [0.15, 0.2) is 23.6 Å². The Hall–Kier alpha value is -2.25. The van der Waals surface area contributed by atoms with Gasteiger partial charge >= 0.3 is 0 Å². The zero-order valence-corrected chi connectivity index (χ0v) is 16.9. The highest BCUT2D eigenvalue weighted by molar-refractivity contribution is 7.14. The lowest BCUT2D eigenvalue weighted by molar-refractivity contribution is -0.123. The molecular formula is C20H26N4O2S. The molecule has 1 aromatic carbocycles. The van der Waals surface area contributed by atoms with Crippen LogP contribution in [0, 0.1) is 19.8 Å². The second-order valence-electron chi connectivity index (χ2n) is 7.15. The fourth-order valence-electron chi connectivity index (χ4n) is 3.46. The van der Waals surface area contributed by atoms with Crippen LogP contribution in [0.2, 0.25) is 0 Å². The number of nitrogens with two attached hydrogens (primary N) is 1. The van der Waals surface area contributed by atoms with Crippen molar-refractivity contribution in [3.63, 3.8) is 0 Å². The van der Waals surface area contributed by atoms with Gasteiger partial charge in [0, 0.05) is 24.8 Å². The number of thiazole rings is 1. The van der Waals surface area contributed by atoms with E-state index in [2.05, 4.69) is 4.90 Å². The van der Waals surface area contributed by atoms with Gasteiger partial charge in [0.2, 0.25) is 11.8 Å². The summed E-state index contributed by atoms with van der Waals surface area (Å²) < 4.78 is 0. The molecule has 2 aromatic rings. The second kappa shape index (κ2) is 8.19. The number of carbonyl (C=O) groups is 2. The van der Waals surface area contributed by atoms with Crippen LogP contribution < -0.4 is 10.6 Å². The van der Waals surface area contributed by atoms with Gasteiger partial charge in [-0.15, -0.1) is 11.3 Å². The number of anilines is 2. The van der Waals surface area contributed by atoms with Crippen LogP contribution >= 0.6 is 11.3 Å². The van der Waals surface area contributed by atoms with Gasteiger partial charge in [-0.3, -0.25) is 19.4 Å². The first-order valence-corrected chi connectivity index (χ1v) is 10.1. The summed E-state index contributed by atoms with van der Waals surface area (Å²) in [6.07, 6.45) is 1.60. The molecule has 1 aliphatic heterocycles. The van der Waals surface area contributed by atoms with Gasteiger partial charge in [-0.2, -0.15) is 0 Å². The van der Waals surface area contributed by atoms with Gasteiger partial charge in [-0.25, -0.2) is 4.98 Å². The zero-order chi connectivity index (χ0) is 19.6. The largest absolute Gasteiger partial charge is 0.369 e. The van der Waals surface area contributed by atoms with E-state index in [0.717, 1.165) is 55.0 Å². The fraction of sp³-hybridized carbons (Fsp3) is 0.450. The van der Waals surface area contributed by atoms with E-state index in [1.54, 1.807) is 11.8 Å². The Kier molecular flexibility index (Phi) is 5.92. The molecule has 7 heteroatoms.